The van der Waals surface area contributed by atoms with Gasteiger partial charge >= 0.3 is 0 Å². The average Bonchev–Trinajstić information content (AvgIpc) is 2.15. The molecule has 3 rings (SSSR count). The molecule has 2 nitrogen and oxygen atoms in total. The van der Waals surface area contributed by atoms with E-state index in [1.54, 1.807) is 5.70 Å². The minimum Gasteiger partial charge on any atom is -0.369 e. The topological polar surface area (TPSA) is 6.48 Å². The van der Waals surface area contributed by atoms with E-state index in [4.69, 9.17) is 0 Å². The van der Waals surface area contributed by atoms with E-state index in [-0.39, 0.29) is 0 Å². The maximum absolute atomic E-state index is 3.61. The Hall–Kier alpha value is -0.280. The summed E-state index contributed by atoms with van der Waals surface area (Å²) in [6.07, 6.45) is 5.94. The van der Waals surface area contributed by atoms with Crippen LogP contribution in [0.1, 0.15) is 6.42 Å². The molecule has 2 saturated heterocycles. The first kappa shape index (κ1) is 9.91. The van der Waals surface area contributed by atoms with Crippen LogP contribution in [-0.4, -0.2) is 43.0 Å². The van der Waals surface area contributed by atoms with Crippen LogP contribution in [0.25, 0.3) is 0 Å². The lowest BCUT2D eigenvalue weighted by molar-refractivity contribution is 0.0850. The lowest BCUT2D eigenvalue weighted by Gasteiger charge is -2.48. The summed E-state index contributed by atoms with van der Waals surface area (Å²) in [5, 5.41) is 0. The summed E-state index contributed by atoms with van der Waals surface area (Å²) in [6, 6.07) is 0. The zero-order valence-electron chi connectivity index (χ0n) is 9.12. The highest BCUT2D eigenvalue weighted by atomic mass is 79.9. The van der Waals surface area contributed by atoms with E-state index < -0.39 is 0 Å². The number of hydrogen-bond acceptors (Lipinski definition) is 2. The first-order valence-electron chi connectivity index (χ1n) is 5.72. The van der Waals surface area contributed by atoms with Gasteiger partial charge in [0.1, 0.15) is 0 Å². The van der Waals surface area contributed by atoms with Crippen LogP contribution < -0.4 is 0 Å². The Labute approximate surface area is 99.7 Å². The van der Waals surface area contributed by atoms with E-state index >= 15 is 0 Å². The van der Waals surface area contributed by atoms with Crippen LogP contribution in [0.15, 0.2) is 22.3 Å². The largest absolute Gasteiger partial charge is 0.369 e. The molecule has 15 heavy (non-hydrogen) atoms. The maximum Gasteiger partial charge on any atom is 0.0492 e. The predicted octanol–water partition coefficient (Wildman–Crippen LogP) is 2.05. The molecule has 0 amide bonds. The van der Waals surface area contributed by atoms with Crippen molar-refractivity contribution >= 4 is 15.9 Å². The van der Waals surface area contributed by atoms with Gasteiger partial charge in [-0.1, -0.05) is 15.9 Å². The normalized spacial score (nSPS) is 35.7. The first-order valence-corrected chi connectivity index (χ1v) is 6.51. The number of likely N-dealkylation sites (tertiary alicyclic amines) is 1. The molecular weight excluding hydrogens is 252 g/mol. The molecule has 0 N–H and O–H groups in total. The van der Waals surface area contributed by atoms with Gasteiger partial charge in [-0.15, -0.1) is 0 Å². The lowest BCUT2D eigenvalue weighted by atomic mass is 9.81. The highest BCUT2D eigenvalue weighted by Gasteiger charge is 2.36. The Balaban J connectivity index is 1.88. The van der Waals surface area contributed by atoms with E-state index in [2.05, 4.69) is 44.9 Å². The van der Waals surface area contributed by atoms with Crippen LogP contribution in [0.4, 0.5) is 0 Å². The van der Waals surface area contributed by atoms with Crippen LogP contribution in [0.5, 0.6) is 0 Å². The Kier molecular flexibility index (Phi) is 2.40. The third-order valence-corrected chi connectivity index (χ3v) is 4.27. The van der Waals surface area contributed by atoms with Crippen LogP contribution in [0.3, 0.4) is 0 Å². The molecule has 0 radical (unpaired) electrons. The molecule has 2 bridgehead atoms. The smallest absolute Gasteiger partial charge is 0.0492 e. The van der Waals surface area contributed by atoms with Gasteiger partial charge in [0.2, 0.25) is 0 Å². The summed E-state index contributed by atoms with van der Waals surface area (Å²) in [5.74, 6) is 1.66. The molecule has 3 heterocycles. The van der Waals surface area contributed by atoms with Crippen LogP contribution in [0.2, 0.25) is 0 Å². The molecule has 3 aliphatic heterocycles. The second kappa shape index (κ2) is 3.63. The van der Waals surface area contributed by atoms with Gasteiger partial charge in [-0.3, -0.25) is 0 Å². The summed E-state index contributed by atoms with van der Waals surface area (Å²) in [4.78, 5) is 5.06. The van der Waals surface area contributed by atoms with Crippen molar-refractivity contribution in [3.63, 3.8) is 0 Å². The van der Waals surface area contributed by atoms with E-state index in [9.17, 15) is 0 Å². The molecule has 2 unspecified atom stereocenters. The number of allylic oxidation sites excluding steroid dienone is 2. The van der Waals surface area contributed by atoms with Crippen molar-refractivity contribution < 1.29 is 0 Å². The minimum atomic E-state index is 0.777. The van der Waals surface area contributed by atoms with Crippen LogP contribution >= 0.6 is 15.9 Å². The molecular formula is C12H17BrN2. The quantitative estimate of drug-likeness (QED) is 0.664. The molecule has 0 aromatic rings. The molecule has 0 aromatic heterocycles. The second-order valence-electron chi connectivity index (χ2n) is 5.11. The average molecular weight is 269 g/mol. The zero-order valence-corrected chi connectivity index (χ0v) is 10.7. The number of piperidine rings is 2. The van der Waals surface area contributed by atoms with Gasteiger partial charge in [-0.2, -0.15) is 0 Å². The third-order valence-electron chi connectivity index (χ3n) is 3.76. The molecule has 0 aromatic carbocycles. The Morgan fingerprint density at radius 3 is 3.00 bits per heavy atom. The van der Waals surface area contributed by atoms with Gasteiger partial charge < -0.3 is 9.80 Å². The van der Waals surface area contributed by atoms with E-state index in [0.717, 1.165) is 18.4 Å². The van der Waals surface area contributed by atoms with Crippen molar-refractivity contribution in [1.82, 2.24) is 9.80 Å². The fourth-order valence-corrected chi connectivity index (χ4v) is 3.71. The highest BCUT2D eigenvalue weighted by molar-refractivity contribution is 9.11. The zero-order chi connectivity index (χ0) is 10.4. The molecule has 3 heteroatoms. The summed E-state index contributed by atoms with van der Waals surface area (Å²) in [6.45, 7) is 4.85. The van der Waals surface area contributed by atoms with Gasteiger partial charge in [0.25, 0.3) is 0 Å². The van der Waals surface area contributed by atoms with Crippen molar-refractivity contribution in [3.8, 4) is 0 Å². The molecule has 0 saturated carbocycles. The van der Waals surface area contributed by atoms with Gasteiger partial charge in [0, 0.05) is 42.3 Å². The monoisotopic (exact) mass is 268 g/mol. The Morgan fingerprint density at radius 2 is 2.13 bits per heavy atom. The van der Waals surface area contributed by atoms with Crippen molar-refractivity contribution in [2.45, 2.75) is 6.42 Å². The fourth-order valence-electron chi connectivity index (χ4n) is 3.27. The number of rotatable bonds is 0. The summed E-state index contributed by atoms with van der Waals surface area (Å²) in [5.41, 5.74) is 1.57. The molecule has 0 aliphatic carbocycles. The number of nitrogens with zero attached hydrogens (tertiary/aromatic N) is 2. The predicted molar refractivity (Wildman–Crippen MR) is 65.8 cm³/mol. The van der Waals surface area contributed by atoms with Gasteiger partial charge in [0.15, 0.2) is 0 Å². The minimum absolute atomic E-state index is 0.777. The fraction of sp³-hybridized carbons (Fsp3) is 0.667. The van der Waals surface area contributed by atoms with Crippen LogP contribution in [0, 0.1) is 11.8 Å². The highest BCUT2D eigenvalue weighted by Crippen LogP contribution is 2.37. The van der Waals surface area contributed by atoms with Crippen molar-refractivity contribution in [3.05, 3.63) is 22.3 Å². The molecule has 2 fully saturated rings. The molecule has 82 valence electrons. The van der Waals surface area contributed by atoms with E-state index in [1.807, 2.05) is 0 Å². The second-order valence-corrected chi connectivity index (χ2v) is 6.12. The van der Waals surface area contributed by atoms with Gasteiger partial charge in [-0.25, -0.2) is 0 Å². The third kappa shape index (κ3) is 1.76. The molecule has 2 atom stereocenters. The molecule has 0 spiro atoms. The van der Waals surface area contributed by atoms with E-state index in [0.29, 0.717) is 0 Å². The van der Waals surface area contributed by atoms with E-state index in [1.165, 1.54) is 30.5 Å². The lowest BCUT2D eigenvalue weighted by Crippen LogP contribution is -2.50. The van der Waals surface area contributed by atoms with Crippen molar-refractivity contribution in [1.29, 1.82) is 0 Å². The first-order chi connectivity index (χ1) is 7.22. The Morgan fingerprint density at radius 1 is 1.27 bits per heavy atom. The van der Waals surface area contributed by atoms with Crippen molar-refractivity contribution in [2.75, 3.05) is 33.2 Å². The van der Waals surface area contributed by atoms with Gasteiger partial charge in [0.05, 0.1) is 0 Å². The number of fused-ring (bicyclic) bond motifs is 4. The SMILES string of the molecule is CN1CC2CC(C1)C1=CC=C(Br)CN1C2. The summed E-state index contributed by atoms with van der Waals surface area (Å²) in [7, 11) is 2.25. The number of hydrogen-bond donors (Lipinski definition) is 0. The van der Waals surface area contributed by atoms with Crippen molar-refractivity contribution in [2.24, 2.45) is 11.8 Å². The Bertz CT molecular complexity index is 333. The van der Waals surface area contributed by atoms with Gasteiger partial charge in [-0.05, 0) is 31.5 Å². The number of halogens is 1. The molecule has 3 aliphatic rings. The summed E-state index contributed by atoms with van der Waals surface area (Å²) < 4.78 is 1.32. The van der Waals surface area contributed by atoms with Crippen LogP contribution in [-0.2, 0) is 0 Å². The standard InChI is InChI=1S/C12H17BrN2/c1-14-5-9-4-10(7-14)12-3-2-11(13)8-15(12)6-9/h2-3,9-10H,4-8H2,1H3. The maximum atomic E-state index is 3.61. The summed E-state index contributed by atoms with van der Waals surface area (Å²) >= 11 is 3.61.